The number of ether oxygens (including phenoxy) is 1. The van der Waals surface area contributed by atoms with Crippen LogP contribution in [0.3, 0.4) is 0 Å². The van der Waals surface area contributed by atoms with Gasteiger partial charge in [0.2, 0.25) is 0 Å². The normalized spacial score (nSPS) is 29.9. The molecule has 1 saturated carbocycles. The quantitative estimate of drug-likeness (QED) is 0.514. The van der Waals surface area contributed by atoms with E-state index in [2.05, 4.69) is 6.58 Å². The van der Waals surface area contributed by atoms with Gasteiger partial charge in [-0.25, -0.2) is 0 Å². The maximum Gasteiger partial charge on any atom is 0.306 e. The van der Waals surface area contributed by atoms with Crippen LogP contribution in [0.2, 0.25) is 0 Å². The Morgan fingerprint density at radius 3 is 2.73 bits per heavy atom. The lowest BCUT2D eigenvalue weighted by molar-refractivity contribution is -0.169. The molecule has 2 rings (SSSR count). The Morgan fingerprint density at radius 1 is 1.33 bits per heavy atom. The number of carbonyl (C=O) groups is 1. The molecule has 1 unspecified atom stereocenters. The second kappa shape index (κ2) is 4.38. The molecule has 0 radical (unpaired) electrons. The lowest BCUT2D eigenvalue weighted by atomic mass is 9.65. The number of hydrogen-bond acceptors (Lipinski definition) is 2. The maximum atomic E-state index is 11.3. The summed E-state index contributed by atoms with van der Waals surface area (Å²) >= 11 is 0. The molecule has 0 aromatic rings. The van der Waals surface area contributed by atoms with Crippen molar-refractivity contribution in [2.75, 3.05) is 0 Å². The van der Waals surface area contributed by atoms with Crippen LogP contribution in [0.5, 0.6) is 0 Å². The van der Waals surface area contributed by atoms with Crippen LogP contribution < -0.4 is 0 Å². The summed E-state index contributed by atoms with van der Waals surface area (Å²) in [5.74, 6) is -0.0157. The van der Waals surface area contributed by atoms with E-state index < -0.39 is 0 Å². The first-order chi connectivity index (χ1) is 7.27. The number of carbonyl (C=O) groups excluding carboxylic acids is 1. The van der Waals surface area contributed by atoms with Crippen molar-refractivity contribution in [3.8, 4) is 0 Å². The third-order valence-electron chi connectivity index (χ3n) is 4.01. The fraction of sp³-hybridized carbons (Fsp3) is 0.769. The third-order valence-corrected chi connectivity index (χ3v) is 4.01. The lowest BCUT2D eigenvalue weighted by Crippen LogP contribution is -2.44. The highest BCUT2D eigenvalue weighted by molar-refractivity contribution is 5.70. The number of rotatable bonds is 2. The smallest absolute Gasteiger partial charge is 0.306 e. The fourth-order valence-electron chi connectivity index (χ4n) is 3.13. The fourth-order valence-corrected chi connectivity index (χ4v) is 3.13. The first-order valence-electron chi connectivity index (χ1n) is 6.07. The zero-order valence-corrected chi connectivity index (χ0v) is 9.34. The minimum atomic E-state index is -0.0157. The van der Waals surface area contributed by atoms with Gasteiger partial charge < -0.3 is 4.74 Å². The van der Waals surface area contributed by atoms with Gasteiger partial charge >= 0.3 is 5.97 Å². The van der Waals surface area contributed by atoms with Crippen molar-refractivity contribution < 1.29 is 9.53 Å². The van der Waals surface area contributed by atoms with E-state index in [-0.39, 0.29) is 12.1 Å². The average molecular weight is 208 g/mol. The van der Waals surface area contributed by atoms with Crippen molar-refractivity contribution in [3.63, 3.8) is 0 Å². The van der Waals surface area contributed by atoms with Gasteiger partial charge in [-0.15, -0.1) is 6.58 Å². The topological polar surface area (TPSA) is 26.3 Å². The first-order valence-corrected chi connectivity index (χ1v) is 6.07. The highest BCUT2D eigenvalue weighted by atomic mass is 16.5. The van der Waals surface area contributed by atoms with Crippen LogP contribution in [0, 0.1) is 5.41 Å². The van der Waals surface area contributed by atoms with Gasteiger partial charge in [0.25, 0.3) is 0 Å². The van der Waals surface area contributed by atoms with E-state index in [0.717, 1.165) is 12.8 Å². The molecule has 0 aromatic carbocycles. The van der Waals surface area contributed by atoms with Crippen LogP contribution >= 0.6 is 0 Å². The summed E-state index contributed by atoms with van der Waals surface area (Å²) in [5.41, 5.74) is 0.292. The number of hydrogen-bond donors (Lipinski definition) is 0. The van der Waals surface area contributed by atoms with Crippen LogP contribution in [-0.4, -0.2) is 12.1 Å². The predicted molar refractivity (Wildman–Crippen MR) is 59.4 cm³/mol. The third kappa shape index (κ3) is 2.09. The molecule has 0 amide bonds. The lowest BCUT2D eigenvalue weighted by Gasteiger charge is -2.45. The van der Waals surface area contributed by atoms with Crippen molar-refractivity contribution in [2.45, 2.75) is 57.5 Å². The largest absolute Gasteiger partial charge is 0.461 e. The summed E-state index contributed by atoms with van der Waals surface area (Å²) in [6.07, 6.45) is 10.9. The molecule has 2 heteroatoms. The second-order valence-electron chi connectivity index (χ2n) is 4.93. The van der Waals surface area contributed by atoms with Crippen molar-refractivity contribution in [1.82, 2.24) is 0 Å². The number of cyclic esters (lactones) is 1. The van der Waals surface area contributed by atoms with Gasteiger partial charge in [0, 0.05) is 18.3 Å². The zero-order chi connectivity index (χ0) is 10.7. The summed E-state index contributed by atoms with van der Waals surface area (Å²) in [4.78, 5) is 11.3. The molecule has 2 nitrogen and oxygen atoms in total. The molecule has 0 bridgehead atoms. The van der Waals surface area contributed by atoms with Crippen molar-refractivity contribution >= 4 is 5.97 Å². The van der Waals surface area contributed by atoms with Crippen molar-refractivity contribution in [3.05, 3.63) is 12.7 Å². The SMILES string of the molecule is C=CCC1OC(=O)CCC12CCCCC2. The van der Waals surface area contributed by atoms with Gasteiger partial charge in [-0.3, -0.25) is 4.79 Å². The van der Waals surface area contributed by atoms with E-state index in [9.17, 15) is 4.79 Å². The Hall–Kier alpha value is -0.790. The second-order valence-corrected chi connectivity index (χ2v) is 4.93. The summed E-state index contributed by atoms with van der Waals surface area (Å²) in [7, 11) is 0. The molecule has 84 valence electrons. The molecule has 1 atom stereocenters. The summed E-state index contributed by atoms with van der Waals surface area (Å²) in [6, 6.07) is 0. The molecule has 0 aromatic heterocycles. The molecule has 2 aliphatic rings. The molecular weight excluding hydrogens is 188 g/mol. The van der Waals surface area contributed by atoms with E-state index >= 15 is 0 Å². The summed E-state index contributed by atoms with van der Waals surface area (Å²) in [5, 5.41) is 0. The van der Waals surface area contributed by atoms with Gasteiger partial charge in [-0.2, -0.15) is 0 Å². The highest BCUT2D eigenvalue weighted by Gasteiger charge is 2.44. The molecule has 1 aliphatic carbocycles. The Labute approximate surface area is 91.7 Å². The standard InChI is InChI=1S/C13H20O2/c1-2-6-11-13(8-4-3-5-9-13)10-7-12(14)15-11/h2,11H,1,3-10H2. The van der Waals surface area contributed by atoms with E-state index in [1.807, 2.05) is 6.08 Å². The Morgan fingerprint density at radius 2 is 2.07 bits per heavy atom. The van der Waals surface area contributed by atoms with Crippen molar-refractivity contribution in [2.24, 2.45) is 5.41 Å². The van der Waals surface area contributed by atoms with E-state index in [0.29, 0.717) is 11.8 Å². The minimum absolute atomic E-state index is 0.0157. The molecule has 1 aliphatic heterocycles. The average Bonchev–Trinajstić information content (AvgIpc) is 2.26. The van der Waals surface area contributed by atoms with Crippen LogP contribution in [0.1, 0.15) is 51.4 Å². The molecule has 2 fully saturated rings. The molecule has 15 heavy (non-hydrogen) atoms. The van der Waals surface area contributed by atoms with Crippen LogP contribution in [0.4, 0.5) is 0 Å². The summed E-state index contributed by atoms with van der Waals surface area (Å²) in [6.45, 7) is 3.77. The van der Waals surface area contributed by atoms with E-state index in [1.165, 1.54) is 32.1 Å². The maximum absolute atomic E-state index is 11.3. The van der Waals surface area contributed by atoms with Gasteiger partial charge in [0.1, 0.15) is 6.10 Å². The van der Waals surface area contributed by atoms with Gasteiger partial charge in [0.05, 0.1) is 0 Å². The Balaban J connectivity index is 2.11. The van der Waals surface area contributed by atoms with Gasteiger partial charge in [0.15, 0.2) is 0 Å². The predicted octanol–water partition coefficient (Wildman–Crippen LogP) is 3.22. The monoisotopic (exact) mass is 208 g/mol. The van der Waals surface area contributed by atoms with E-state index in [4.69, 9.17) is 4.74 Å². The molecular formula is C13H20O2. The zero-order valence-electron chi connectivity index (χ0n) is 9.34. The van der Waals surface area contributed by atoms with Crippen molar-refractivity contribution in [1.29, 1.82) is 0 Å². The van der Waals surface area contributed by atoms with Crippen LogP contribution in [0.15, 0.2) is 12.7 Å². The highest BCUT2D eigenvalue weighted by Crippen LogP contribution is 2.47. The summed E-state index contributed by atoms with van der Waals surface area (Å²) < 4.78 is 5.51. The molecule has 1 spiro atoms. The Bertz CT molecular complexity index is 251. The first kappa shape index (κ1) is 10.7. The minimum Gasteiger partial charge on any atom is -0.461 e. The van der Waals surface area contributed by atoms with Gasteiger partial charge in [-0.1, -0.05) is 25.3 Å². The molecule has 1 saturated heterocycles. The number of esters is 1. The molecule has 1 heterocycles. The Kier molecular flexibility index (Phi) is 3.13. The van der Waals surface area contributed by atoms with E-state index in [1.54, 1.807) is 0 Å². The molecule has 0 N–H and O–H groups in total. The van der Waals surface area contributed by atoms with Crippen LogP contribution in [0.25, 0.3) is 0 Å². The van der Waals surface area contributed by atoms with Crippen LogP contribution in [-0.2, 0) is 9.53 Å². The van der Waals surface area contributed by atoms with Gasteiger partial charge in [-0.05, 0) is 19.3 Å².